The number of fused-ring (bicyclic) bond motifs is 1. The Hall–Kier alpha value is -3.33. The van der Waals surface area contributed by atoms with E-state index in [4.69, 9.17) is 14.5 Å². The number of piperidine rings is 1. The smallest absolute Gasteiger partial charge is 0.338 e. The molecule has 3 aliphatic rings. The monoisotopic (exact) mass is 551 g/mol. The Bertz CT molecular complexity index is 1220. The summed E-state index contributed by atoms with van der Waals surface area (Å²) in [5.74, 6) is -0.692. The molecular weight excluding hydrogens is 514 g/mol. The summed E-state index contributed by atoms with van der Waals surface area (Å²) < 4.78 is 10.7. The number of thioether (sulfide) groups is 1. The van der Waals surface area contributed by atoms with E-state index in [1.54, 1.807) is 11.8 Å². The molecule has 0 aromatic heterocycles. The highest BCUT2D eigenvalue weighted by Gasteiger charge is 2.41. The number of rotatable bonds is 9. The average Bonchev–Trinajstić information content (AvgIpc) is 3.32. The maximum atomic E-state index is 13.5. The molecule has 39 heavy (non-hydrogen) atoms. The predicted octanol–water partition coefficient (Wildman–Crippen LogP) is 5.31. The molecule has 3 aliphatic heterocycles. The number of hydrogen-bond acceptors (Lipinski definition) is 8. The number of nitrogens with zero attached hydrogens (tertiary/aromatic N) is 3. The summed E-state index contributed by atoms with van der Waals surface area (Å²) in [5, 5.41) is 2.65. The molecule has 3 heterocycles. The van der Waals surface area contributed by atoms with E-state index >= 15 is 0 Å². The van der Waals surface area contributed by atoms with Crippen LogP contribution in [0.5, 0.6) is 0 Å². The Morgan fingerprint density at radius 2 is 1.95 bits per heavy atom. The van der Waals surface area contributed by atoms with Crippen LogP contribution in [0.25, 0.3) is 0 Å². The summed E-state index contributed by atoms with van der Waals surface area (Å²) in [4.78, 5) is 47.5. The van der Waals surface area contributed by atoms with E-state index in [0.717, 1.165) is 29.3 Å². The van der Waals surface area contributed by atoms with Gasteiger partial charge in [0.25, 0.3) is 0 Å². The third-order valence-electron chi connectivity index (χ3n) is 7.20. The largest absolute Gasteiger partial charge is 0.466 e. The highest BCUT2D eigenvalue weighted by molar-refractivity contribution is 8.16. The molecule has 0 radical (unpaired) electrons. The van der Waals surface area contributed by atoms with Crippen molar-refractivity contribution in [1.29, 1.82) is 0 Å². The quantitative estimate of drug-likeness (QED) is 0.304. The van der Waals surface area contributed by atoms with E-state index in [2.05, 4.69) is 32.6 Å². The molecule has 4 rings (SSSR count). The zero-order chi connectivity index (χ0) is 28.1. The van der Waals surface area contributed by atoms with Crippen molar-refractivity contribution in [3.8, 4) is 0 Å². The molecule has 0 unspecified atom stereocenters. The molecule has 9 heteroatoms. The summed E-state index contributed by atoms with van der Waals surface area (Å²) >= 11 is 1.44. The van der Waals surface area contributed by atoms with E-state index in [0.29, 0.717) is 36.9 Å². The molecule has 1 aromatic rings. The van der Waals surface area contributed by atoms with Crippen LogP contribution in [0.3, 0.4) is 0 Å². The van der Waals surface area contributed by atoms with Crippen molar-refractivity contribution in [3.05, 3.63) is 70.4 Å². The maximum absolute atomic E-state index is 13.5. The zero-order valence-corrected chi connectivity index (χ0v) is 24.0. The van der Waals surface area contributed by atoms with Crippen LogP contribution in [0.1, 0.15) is 70.0 Å². The van der Waals surface area contributed by atoms with Crippen LogP contribution >= 0.6 is 11.8 Å². The summed E-state index contributed by atoms with van der Waals surface area (Å²) in [5.41, 5.74) is 3.91. The van der Waals surface area contributed by atoms with Crippen molar-refractivity contribution in [1.82, 2.24) is 9.80 Å². The van der Waals surface area contributed by atoms with E-state index in [1.165, 1.54) is 23.4 Å². The summed E-state index contributed by atoms with van der Waals surface area (Å²) in [6, 6.07) is 7.74. The van der Waals surface area contributed by atoms with Gasteiger partial charge < -0.3 is 19.3 Å². The zero-order valence-electron chi connectivity index (χ0n) is 23.1. The van der Waals surface area contributed by atoms with Gasteiger partial charge in [-0.3, -0.25) is 9.59 Å². The van der Waals surface area contributed by atoms with Crippen molar-refractivity contribution in [3.63, 3.8) is 0 Å². The summed E-state index contributed by atoms with van der Waals surface area (Å²) in [6.07, 6.45) is 3.15. The molecule has 0 bridgehead atoms. The molecule has 0 saturated carbocycles. The normalized spacial score (nSPS) is 20.8. The van der Waals surface area contributed by atoms with E-state index in [1.807, 2.05) is 29.4 Å². The number of amides is 1. The third kappa shape index (κ3) is 6.30. The number of amidine groups is 1. The fraction of sp³-hybridized carbons (Fsp3) is 0.467. The van der Waals surface area contributed by atoms with Gasteiger partial charge in [-0.2, -0.15) is 0 Å². The van der Waals surface area contributed by atoms with Crippen LogP contribution < -0.4 is 0 Å². The molecular formula is C30H37N3O5S. The Morgan fingerprint density at radius 1 is 1.21 bits per heavy atom. The first-order valence-corrected chi connectivity index (χ1v) is 14.4. The van der Waals surface area contributed by atoms with Gasteiger partial charge in [-0.05, 0) is 49.1 Å². The fourth-order valence-corrected chi connectivity index (χ4v) is 6.11. The van der Waals surface area contributed by atoms with Gasteiger partial charge in [0.05, 0.1) is 36.3 Å². The lowest BCUT2D eigenvalue weighted by molar-refractivity contribution is -0.151. The molecule has 0 spiro atoms. The molecule has 0 N–H and O–H groups in total. The first-order valence-electron chi connectivity index (χ1n) is 13.5. The topological polar surface area (TPSA) is 88.5 Å². The molecule has 2 atom stereocenters. The molecule has 1 amide bonds. The van der Waals surface area contributed by atoms with E-state index < -0.39 is 12.0 Å². The lowest BCUT2D eigenvalue weighted by Crippen LogP contribution is -2.44. The van der Waals surface area contributed by atoms with Crippen LogP contribution in [0.15, 0.2) is 64.3 Å². The van der Waals surface area contributed by atoms with Crippen molar-refractivity contribution >= 4 is 34.8 Å². The minimum absolute atomic E-state index is 0.0620. The van der Waals surface area contributed by atoms with Crippen LogP contribution in [-0.4, -0.2) is 59.1 Å². The van der Waals surface area contributed by atoms with Gasteiger partial charge in [-0.15, -0.1) is 0 Å². The predicted molar refractivity (Wildman–Crippen MR) is 153 cm³/mol. The fourth-order valence-electron chi connectivity index (χ4n) is 5.14. The van der Waals surface area contributed by atoms with Crippen molar-refractivity contribution in [2.75, 3.05) is 26.3 Å². The highest BCUT2D eigenvalue weighted by atomic mass is 32.2. The minimum Gasteiger partial charge on any atom is -0.466 e. The number of aliphatic imine (C=N–C) groups is 1. The van der Waals surface area contributed by atoms with Gasteiger partial charge in [0, 0.05) is 18.8 Å². The molecule has 0 aliphatic carbocycles. The number of likely N-dealkylation sites (tertiary alicyclic amines) is 1. The number of carbonyl (C=O) groups is 3. The Kier molecular flexibility index (Phi) is 9.32. The van der Waals surface area contributed by atoms with E-state index in [9.17, 15) is 14.4 Å². The molecule has 1 fully saturated rings. The Labute approximate surface area is 234 Å². The van der Waals surface area contributed by atoms with Gasteiger partial charge >= 0.3 is 11.9 Å². The number of hydrogen-bond donors (Lipinski definition) is 0. The Morgan fingerprint density at radius 3 is 2.62 bits per heavy atom. The highest BCUT2D eigenvalue weighted by Crippen LogP contribution is 2.45. The summed E-state index contributed by atoms with van der Waals surface area (Å²) in [7, 11) is 0. The maximum Gasteiger partial charge on any atom is 0.338 e. The number of carbonyl (C=O) groups excluding carboxylic acids is 3. The van der Waals surface area contributed by atoms with Gasteiger partial charge in [0.2, 0.25) is 5.91 Å². The second-order valence-electron chi connectivity index (χ2n) is 10.2. The molecule has 8 nitrogen and oxygen atoms in total. The second kappa shape index (κ2) is 12.7. The van der Waals surface area contributed by atoms with Crippen LogP contribution in [-0.2, 0) is 23.9 Å². The van der Waals surface area contributed by atoms with Crippen molar-refractivity contribution in [2.45, 2.75) is 58.9 Å². The van der Waals surface area contributed by atoms with Gasteiger partial charge in [-0.1, -0.05) is 62.5 Å². The second-order valence-corrected chi connectivity index (χ2v) is 11.0. The van der Waals surface area contributed by atoms with Crippen molar-refractivity contribution < 1.29 is 23.9 Å². The van der Waals surface area contributed by atoms with Gasteiger partial charge in [-0.25, -0.2) is 9.79 Å². The average molecular weight is 552 g/mol. The lowest BCUT2D eigenvalue weighted by Gasteiger charge is -2.37. The van der Waals surface area contributed by atoms with Crippen LogP contribution in [0.4, 0.5) is 0 Å². The molecule has 208 valence electrons. The minimum atomic E-state index is -0.487. The first kappa shape index (κ1) is 28.7. The SMILES string of the molecule is C=CCOC(=O)C1=C(C)N=C2SC=C(CC(=O)N3CCC[C@@H](C(=O)OCC)C3)N2[C@H]1c1ccc(C(C)C)cc1. The standard InChI is InChI=1S/C30H37N3O5S/c1-6-15-38-29(36)26-20(5)31-30-33(27(26)22-12-10-21(11-13-22)19(3)4)24(18-39-30)16-25(34)32-14-8-9-23(17-32)28(35)37-7-2/h6,10-13,18-19,23,27H,1,7-9,14-17H2,2-5H3/t23-,27+/m1/s1. The lowest BCUT2D eigenvalue weighted by atomic mass is 9.91. The third-order valence-corrected chi connectivity index (χ3v) is 8.09. The number of allylic oxidation sites excluding steroid dienone is 1. The van der Waals surface area contributed by atoms with Crippen LogP contribution in [0, 0.1) is 5.92 Å². The number of ether oxygens (including phenoxy) is 2. The van der Waals surface area contributed by atoms with E-state index in [-0.39, 0.29) is 30.8 Å². The van der Waals surface area contributed by atoms with Crippen molar-refractivity contribution in [2.24, 2.45) is 10.9 Å². The van der Waals surface area contributed by atoms with Crippen LogP contribution in [0.2, 0.25) is 0 Å². The Balaban J connectivity index is 1.62. The number of benzene rings is 1. The molecule has 1 saturated heterocycles. The first-order chi connectivity index (χ1) is 18.7. The van der Waals surface area contributed by atoms with Gasteiger partial charge in [0.15, 0.2) is 5.17 Å². The van der Waals surface area contributed by atoms with Gasteiger partial charge in [0.1, 0.15) is 6.61 Å². The summed E-state index contributed by atoms with van der Waals surface area (Å²) in [6.45, 7) is 12.9. The molecule has 1 aromatic carbocycles. The number of esters is 2.